The second-order valence-electron chi connectivity index (χ2n) is 7.60. The van der Waals surface area contributed by atoms with Gasteiger partial charge in [0.05, 0.1) is 10.8 Å². The van der Waals surface area contributed by atoms with Crippen LogP contribution in [-0.4, -0.2) is 55.4 Å². The zero-order valence-electron chi connectivity index (χ0n) is 17.7. The molecular weight excluding hydrogens is 453 g/mol. The third-order valence-corrected chi connectivity index (χ3v) is 7.00. The van der Waals surface area contributed by atoms with Crippen molar-refractivity contribution in [2.75, 3.05) is 30.9 Å². The number of hydrogen-bond donors (Lipinski definition) is 1. The maximum absolute atomic E-state index is 13.1. The fourth-order valence-electron chi connectivity index (χ4n) is 3.33. The van der Waals surface area contributed by atoms with Crippen molar-refractivity contribution in [3.05, 3.63) is 54.3 Å². The Labute approximate surface area is 189 Å². The number of nitrogens with one attached hydrogen (secondary N) is 1. The number of amides is 2. The Morgan fingerprint density at radius 3 is 2.42 bits per heavy atom. The Bertz CT molecular complexity index is 1290. The number of carbonyl (C=O) groups excluding carboxylic acids is 2. The first-order valence-corrected chi connectivity index (χ1v) is 11.3. The van der Waals surface area contributed by atoms with Gasteiger partial charge in [-0.15, -0.1) is 5.10 Å². The van der Waals surface area contributed by atoms with Crippen molar-refractivity contribution in [1.29, 1.82) is 0 Å². The first-order valence-electron chi connectivity index (χ1n) is 9.88. The minimum Gasteiger partial charge on any atom is -0.403 e. The second kappa shape index (κ2) is 8.71. The van der Waals surface area contributed by atoms with Gasteiger partial charge in [-0.25, -0.2) is 17.1 Å². The van der Waals surface area contributed by atoms with Crippen LogP contribution in [-0.2, 0) is 19.6 Å². The SMILES string of the molecule is CN(C)S(=O)(=O)c1ccc(-c2nnc(NC(=O)C3CC(=O)N(c4ccc(F)cc4)C3)o2)cc1. The summed E-state index contributed by atoms with van der Waals surface area (Å²) in [6, 6.07) is 11.2. The van der Waals surface area contributed by atoms with Crippen LogP contribution in [0.25, 0.3) is 11.5 Å². The maximum atomic E-state index is 13.1. The van der Waals surface area contributed by atoms with E-state index < -0.39 is 27.7 Å². The predicted molar refractivity (Wildman–Crippen MR) is 116 cm³/mol. The van der Waals surface area contributed by atoms with E-state index in [0.717, 1.165) is 4.31 Å². The number of hydrogen-bond acceptors (Lipinski definition) is 7. The molecule has 1 atom stereocenters. The van der Waals surface area contributed by atoms with Gasteiger partial charge in [0.15, 0.2) is 0 Å². The van der Waals surface area contributed by atoms with Gasteiger partial charge < -0.3 is 9.32 Å². The Kier molecular flexibility index (Phi) is 5.95. The molecule has 3 aromatic rings. The Morgan fingerprint density at radius 2 is 1.79 bits per heavy atom. The van der Waals surface area contributed by atoms with Gasteiger partial charge in [0, 0.05) is 38.3 Å². The third kappa shape index (κ3) is 4.61. The molecule has 2 amide bonds. The third-order valence-electron chi connectivity index (χ3n) is 5.17. The van der Waals surface area contributed by atoms with E-state index in [4.69, 9.17) is 4.42 Å². The molecule has 0 aliphatic carbocycles. The molecule has 1 fully saturated rings. The molecule has 1 aliphatic rings. The Hall–Kier alpha value is -3.64. The van der Waals surface area contributed by atoms with Crippen molar-refractivity contribution in [3.8, 4) is 11.5 Å². The van der Waals surface area contributed by atoms with Crippen LogP contribution in [0.2, 0.25) is 0 Å². The van der Waals surface area contributed by atoms with Gasteiger partial charge >= 0.3 is 6.01 Å². The average Bonchev–Trinajstić information content (AvgIpc) is 3.41. The highest BCUT2D eigenvalue weighted by atomic mass is 32.2. The topological polar surface area (TPSA) is 126 Å². The smallest absolute Gasteiger partial charge is 0.322 e. The number of aromatic nitrogens is 2. The van der Waals surface area contributed by atoms with Crippen molar-refractivity contribution in [2.24, 2.45) is 5.92 Å². The highest BCUT2D eigenvalue weighted by Crippen LogP contribution is 2.27. The van der Waals surface area contributed by atoms with E-state index >= 15 is 0 Å². The molecule has 1 aromatic heterocycles. The molecule has 2 heterocycles. The Morgan fingerprint density at radius 1 is 1.12 bits per heavy atom. The second-order valence-corrected chi connectivity index (χ2v) is 9.75. The van der Waals surface area contributed by atoms with E-state index in [-0.39, 0.29) is 35.7 Å². The maximum Gasteiger partial charge on any atom is 0.322 e. The van der Waals surface area contributed by atoms with Crippen molar-refractivity contribution >= 4 is 33.5 Å². The number of anilines is 2. The normalized spacial score (nSPS) is 16.4. The zero-order valence-corrected chi connectivity index (χ0v) is 18.5. The van der Waals surface area contributed by atoms with Gasteiger partial charge in [0.1, 0.15) is 5.82 Å². The van der Waals surface area contributed by atoms with Crippen molar-refractivity contribution in [2.45, 2.75) is 11.3 Å². The number of carbonyl (C=O) groups is 2. The van der Waals surface area contributed by atoms with Gasteiger partial charge in [0.25, 0.3) is 0 Å². The summed E-state index contributed by atoms with van der Waals surface area (Å²) in [5.41, 5.74) is 0.982. The first kappa shape index (κ1) is 22.6. The quantitative estimate of drug-likeness (QED) is 0.581. The largest absolute Gasteiger partial charge is 0.403 e. The van der Waals surface area contributed by atoms with Gasteiger partial charge in [-0.1, -0.05) is 5.10 Å². The zero-order chi connectivity index (χ0) is 23.8. The molecule has 33 heavy (non-hydrogen) atoms. The van der Waals surface area contributed by atoms with Crippen molar-refractivity contribution in [1.82, 2.24) is 14.5 Å². The lowest BCUT2D eigenvalue weighted by atomic mass is 10.1. The molecule has 2 aromatic carbocycles. The highest BCUT2D eigenvalue weighted by molar-refractivity contribution is 7.89. The molecule has 1 unspecified atom stereocenters. The highest BCUT2D eigenvalue weighted by Gasteiger charge is 2.35. The van der Waals surface area contributed by atoms with E-state index in [9.17, 15) is 22.4 Å². The van der Waals surface area contributed by atoms with Crippen LogP contribution in [0, 0.1) is 11.7 Å². The molecule has 1 aliphatic heterocycles. The summed E-state index contributed by atoms with van der Waals surface area (Å²) in [6.45, 7) is 0.138. The van der Waals surface area contributed by atoms with Crippen LogP contribution in [0.15, 0.2) is 57.8 Å². The van der Waals surface area contributed by atoms with Crippen LogP contribution in [0.5, 0.6) is 0 Å². The van der Waals surface area contributed by atoms with Gasteiger partial charge in [-0.05, 0) is 48.5 Å². The van der Waals surface area contributed by atoms with E-state index in [0.29, 0.717) is 11.3 Å². The minimum atomic E-state index is -3.57. The molecule has 0 saturated carbocycles. The molecular formula is C21H20FN5O5S. The van der Waals surface area contributed by atoms with Crippen LogP contribution < -0.4 is 10.2 Å². The summed E-state index contributed by atoms with van der Waals surface area (Å²) in [5.74, 6) is -1.68. The summed E-state index contributed by atoms with van der Waals surface area (Å²) in [7, 11) is -0.693. The standard InChI is InChI=1S/C21H20FN5O5S/c1-26(2)33(30,31)17-9-3-13(4-10-17)20-24-25-21(32-20)23-19(29)14-11-18(28)27(12-14)16-7-5-15(22)6-8-16/h3-10,14H,11-12H2,1-2H3,(H,23,25,29). The van der Waals surface area contributed by atoms with Crippen molar-refractivity contribution < 1.29 is 26.8 Å². The summed E-state index contributed by atoms with van der Waals surface area (Å²) in [6.07, 6.45) is -0.00792. The van der Waals surface area contributed by atoms with Gasteiger partial charge in [-0.2, -0.15) is 0 Å². The molecule has 0 spiro atoms. The minimum absolute atomic E-state index is 0.00792. The average molecular weight is 473 g/mol. The van der Waals surface area contributed by atoms with Crippen LogP contribution in [0.1, 0.15) is 6.42 Å². The number of halogens is 1. The molecule has 0 bridgehead atoms. The lowest BCUT2D eigenvalue weighted by Gasteiger charge is -2.16. The number of benzene rings is 2. The molecule has 172 valence electrons. The van der Waals surface area contributed by atoms with Crippen molar-refractivity contribution in [3.63, 3.8) is 0 Å². The molecule has 4 rings (SSSR count). The lowest BCUT2D eigenvalue weighted by molar-refractivity contribution is -0.122. The number of nitrogens with zero attached hydrogens (tertiary/aromatic N) is 4. The van der Waals surface area contributed by atoms with E-state index in [1.165, 1.54) is 67.5 Å². The summed E-state index contributed by atoms with van der Waals surface area (Å²) in [5, 5.41) is 10.2. The van der Waals surface area contributed by atoms with E-state index in [1.54, 1.807) is 0 Å². The van der Waals surface area contributed by atoms with E-state index in [2.05, 4.69) is 15.5 Å². The molecule has 1 N–H and O–H groups in total. The van der Waals surface area contributed by atoms with Crippen LogP contribution in [0.4, 0.5) is 16.1 Å². The molecule has 10 nitrogen and oxygen atoms in total. The van der Waals surface area contributed by atoms with Gasteiger partial charge in [-0.3, -0.25) is 14.9 Å². The fourth-order valence-corrected chi connectivity index (χ4v) is 4.23. The summed E-state index contributed by atoms with van der Waals surface area (Å²) < 4.78 is 44.0. The van der Waals surface area contributed by atoms with E-state index in [1.807, 2.05) is 0 Å². The molecule has 1 saturated heterocycles. The van der Waals surface area contributed by atoms with Gasteiger partial charge in [0.2, 0.25) is 27.7 Å². The lowest BCUT2D eigenvalue weighted by Crippen LogP contribution is -2.28. The fraction of sp³-hybridized carbons (Fsp3) is 0.238. The first-order chi connectivity index (χ1) is 15.6. The monoisotopic (exact) mass is 473 g/mol. The number of rotatable bonds is 6. The summed E-state index contributed by atoms with van der Waals surface area (Å²) >= 11 is 0. The predicted octanol–water partition coefficient (Wildman–Crippen LogP) is 2.12. The summed E-state index contributed by atoms with van der Waals surface area (Å²) in [4.78, 5) is 26.5. The molecule has 0 radical (unpaired) electrons. The number of sulfonamides is 1. The Balaban J connectivity index is 1.42. The molecule has 12 heteroatoms. The van der Waals surface area contributed by atoms with Crippen LogP contribution >= 0.6 is 0 Å². The van der Waals surface area contributed by atoms with Crippen LogP contribution in [0.3, 0.4) is 0 Å².